The Balaban J connectivity index is 1.81. The van der Waals surface area contributed by atoms with Crippen LogP contribution in [0, 0.1) is 23.2 Å². The third-order valence-corrected chi connectivity index (χ3v) is 6.01. The summed E-state index contributed by atoms with van der Waals surface area (Å²) in [7, 11) is 0. The molecule has 1 saturated carbocycles. The van der Waals surface area contributed by atoms with Crippen LogP contribution in [0.1, 0.15) is 13.3 Å². The fraction of sp³-hybridized carbons (Fsp3) is 0.375. The normalized spacial score (nSPS) is 36.7. The minimum absolute atomic E-state index is 0.113. The van der Waals surface area contributed by atoms with Crippen LogP contribution < -0.4 is 4.90 Å². The second-order valence-electron chi connectivity index (χ2n) is 6.23. The van der Waals surface area contributed by atoms with Crippen LogP contribution in [-0.4, -0.2) is 11.8 Å². The van der Waals surface area contributed by atoms with Crippen molar-refractivity contribution in [2.45, 2.75) is 13.3 Å². The van der Waals surface area contributed by atoms with E-state index in [0.29, 0.717) is 15.7 Å². The van der Waals surface area contributed by atoms with Gasteiger partial charge < -0.3 is 0 Å². The zero-order valence-corrected chi connectivity index (χ0v) is 12.9. The molecule has 2 aliphatic carbocycles. The van der Waals surface area contributed by atoms with Gasteiger partial charge >= 0.3 is 0 Å². The molecular weight excluding hydrogens is 309 g/mol. The monoisotopic (exact) mass is 321 g/mol. The number of benzene rings is 1. The first-order valence-corrected chi connectivity index (χ1v) is 7.72. The van der Waals surface area contributed by atoms with Crippen LogP contribution in [0.3, 0.4) is 0 Å². The van der Waals surface area contributed by atoms with Gasteiger partial charge in [-0.1, -0.05) is 35.4 Å². The zero-order valence-electron chi connectivity index (χ0n) is 11.3. The molecule has 2 fully saturated rings. The molecule has 3 aliphatic rings. The first-order valence-electron chi connectivity index (χ1n) is 6.96. The summed E-state index contributed by atoms with van der Waals surface area (Å²) in [5, 5.41) is 0.755. The van der Waals surface area contributed by atoms with Crippen molar-refractivity contribution >= 4 is 40.7 Å². The second-order valence-corrected chi connectivity index (χ2v) is 7.04. The van der Waals surface area contributed by atoms with Crippen molar-refractivity contribution in [1.82, 2.24) is 0 Å². The topological polar surface area (TPSA) is 37.4 Å². The number of rotatable bonds is 1. The fourth-order valence-electron chi connectivity index (χ4n) is 4.17. The highest BCUT2D eigenvalue weighted by Crippen LogP contribution is 2.60. The molecule has 3 nitrogen and oxygen atoms in total. The van der Waals surface area contributed by atoms with Gasteiger partial charge in [0.05, 0.1) is 27.1 Å². The molecule has 2 amide bonds. The van der Waals surface area contributed by atoms with Crippen LogP contribution in [0.15, 0.2) is 30.4 Å². The van der Waals surface area contributed by atoms with E-state index in [1.807, 2.05) is 6.92 Å². The number of imide groups is 1. The molecule has 108 valence electrons. The average Bonchev–Trinajstić information content (AvgIpc) is 3.07. The Bertz CT molecular complexity index is 714. The SMILES string of the molecule is C[C@@]12C(=O)N(c3ccc(Cl)c(Cl)c3)C(=O)[C@H]1[C@H]1C=C[C@@H]2C1. The number of anilines is 1. The lowest BCUT2D eigenvalue weighted by Crippen LogP contribution is -2.37. The molecule has 0 N–H and O–H groups in total. The second kappa shape index (κ2) is 4.11. The minimum atomic E-state index is -0.609. The zero-order chi connectivity index (χ0) is 14.9. The van der Waals surface area contributed by atoms with Crippen molar-refractivity contribution in [3.8, 4) is 0 Å². The summed E-state index contributed by atoms with van der Waals surface area (Å²) in [4.78, 5) is 27.0. The Morgan fingerprint density at radius 1 is 1.19 bits per heavy atom. The lowest BCUT2D eigenvalue weighted by Gasteiger charge is -2.28. The van der Waals surface area contributed by atoms with Crippen LogP contribution in [0.4, 0.5) is 5.69 Å². The number of amides is 2. The van der Waals surface area contributed by atoms with Gasteiger partial charge in [0.1, 0.15) is 0 Å². The van der Waals surface area contributed by atoms with Gasteiger partial charge in [-0.25, -0.2) is 4.90 Å². The van der Waals surface area contributed by atoms with E-state index in [4.69, 9.17) is 23.2 Å². The average molecular weight is 322 g/mol. The highest BCUT2D eigenvalue weighted by atomic mass is 35.5. The third kappa shape index (κ3) is 1.51. The number of hydrogen-bond acceptors (Lipinski definition) is 2. The van der Waals surface area contributed by atoms with Gasteiger partial charge in [0, 0.05) is 0 Å². The fourth-order valence-corrected chi connectivity index (χ4v) is 4.47. The molecule has 1 heterocycles. The Labute approximate surface area is 132 Å². The van der Waals surface area contributed by atoms with Crippen molar-refractivity contribution in [2.75, 3.05) is 4.90 Å². The molecule has 2 bridgehead atoms. The number of hydrogen-bond donors (Lipinski definition) is 0. The van der Waals surface area contributed by atoms with Gasteiger partial charge in [-0.15, -0.1) is 0 Å². The standard InChI is InChI=1S/C16H13Cl2NO2/c1-16-9-3-2-8(6-9)13(16)14(20)19(15(16)21)10-4-5-11(17)12(18)7-10/h2-5,7-9,13H,6H2,1H3/t8-,9+,13+,16-/m0/s1. The molecule has 0 spiro atoms. The summed E-state index contributed by atoms with van der Waals surface area (Å²) >= 11 is 11.9. The molecule has 0 unspecified atom stereocenters. The van der Waals surface area contributed by atoms with E-state index < -0.39 is 5.41 Å². The first kappa shape index (κ1) is 13.4. The number of halogens is 2. The molecular formula is C16H13Cl2NO2. The van der Waals surface area contributed by atoms with Gasteiger partial charge in [-0.2, -0.15) is 0 Å². The number of nitrogens with zero attached hydrogens (tertiary/aromatic N) is 1. The quantitative estimate of drug-likeness (QED) is 0.584. The van der Waals surface area contributed by atoms with Crippen molar-refractivity contribution in [3.63, 3.8) is 0 Å². The predicted octanol–water partition coefficient (Wildman–Crippen LogP) is 3.70. The molecule has 21 heavy (non-hydrogen) atoms. The molecule has 1 aliphatic heterocycles. The van der Waals surface area contributed by atoms with E-state index in [0.717, 1.165) is 6.42 Å². The van der Waals surface area contributed by atoms with Gasteiger partial charge in [-0.3, -0.25) is 9.59 Å². The van der Waals surface area contributed by atoms with E-state index in [2.05, 4.69) is 12.2 Å². The van der Waals surface area contributed by atoms with Crippen molar-refractivity contribution < 1.29 is 9.59 Å². The van der Waals surface area contributed by atoms with Crippen LogP contribution in [0.25, 0.3) is 0 Å². The van der Waals surface area contributed by atoms with Gasteiger partial charge in [-0.05, 0) is 43.4 Å². The molecule has 4 rings (SSSR count). The smallest absolute Gasteiger partial charge is 0.241 e. The van der Waals surface area contributed by atoms with Crippen LogP contribution in [0.2, 0.25) is 10.0 Å². The summed E-state index contributed by atoms with van der Waals surface area (Å²) in [6.07, 6.45) is 5.08. The summed E-state index contributed by atoms with van der Waals surface area (Å²) in [6.45, 7) is 1.92. The Kier molecular flexibility index (Phi) is 2.61. The summed E-state index contributed by atoms with van der Waals surface area (Å²) < 4.78 is 0. The molecule has 4 atom stereocenters. The molecule has 1 aromatic carbocycles. The van der Waals surface area contributed by atoms with E-state index >= 15 is 0 Å². The van der Waals surface area contributed by atoms with Crippen LogP contribution in [-0.2, 0) is 9.59 Å². The summed E-state index contributed by atoms with van der Waals surface area (Å²) in [6, 6.07) is 4.87. The van der Waals surface area contributed by atoms with E-state index in [-0.39, 0.29) is 29.6 Å². The van der Waals surface area contributed by atoms with E-state index in [1.54, 1.807) is 18.2 Å². The molecule has 1 saturated heterocycles. The Morgan fingerprint density at radius 3 is 2.62 bits per heavy atom. The molecule has 0 radical (unpaired) electrons. The highest BCUT2D eigenvalue weighted by molar-refractivity contribution is 6.42. The van der Waals surface area contributed by atoms with Crippen molar-refractivity contribution in [1.29, 1.82) is 0 Å². The van der Waals surface area contributed by atoms with Crippen LogP contribution in [0.5, 0.6) is 0 Å². The Hall–Kier alpha value is -1.32. The van der Waals surface area contributed by atoms with Crippen molar-refractivity contribution in [2.24, 2.45) is 23.2 Å². The summed E-state index contributed by atoms with van der Waals surface area (Å²) in [5.74, 6) is -0.124. The maximum Gasteiger partial charge on any atom is 0.241 e. The lowest BCUT2D eigenvalue weighted by molar-refractivity contribution is -0.127. The summed E-state index contributed by atoms with van der Waals surface area (Å²) in [5.41, 5.74) is -0.0998. The number of carbonyl (C=O) groups excluding carboxylic acids is 2. The van der Waals surface area contributed by atoms with Crippen LogP contribution >= 0.6 is 23.2 Å². The molecule has 0 aromatic heterocycles. The third-order valence-electron chi connectivity index (χ3n) is 5.27. The van der Waals surface area contributed by atoms with Gasteiger partial charge in [0.2, 0.25) is 11.8 Å². The van der Waals surface area contributed by atoms with Gasteiger partial charge in [0.15, 0.2) is 0 Å². The Morgan fingerprint density at radius 2 is 1.95 bits per heavy atom. The number of allylic oxidation sites excluding steroid dienone is 2. The van der Waals surface area contributed by atoms with E-state index in [9.17, 15) is 9.59 Å². The number of carbonyl (C=O) groups is 2. The predicted molar refractivity (Wildman–Crippen MR) is 81.3 cm³/mol. The maximum absolute atomic E-state index is 12.9. The lowest BCUT2D eigenvalue weighted by atomic mass is 9.71. The highest BCUT2D eigenvalue weighted by Gasteiger charge is 2.67. The first-order chi connectivity index (χ1) is 9.94. The maximum atomic E-state index is 12.9. The van der Waals surface area contributed by atoms with Crippen molar-refractivity contribution in [3.05, 3.63) is 40.4 Å². The van der Waals surface area contributed by atoms with Gasteiger partial charge in [0.25, 0.3) is 0 Å². The number of fused-ring (bicyclic) bond motifs is 5. The van der Waals surface area contributed by atoms with E-state index in [1.165, 1.54) is 4.90 Å². The molecule has 5 heteroatoms. The molecule has 1 aromatic rings. The largest absolute Gasteiger partial charge is 0.274 e. The minimum Gasteiger partial charge on any atom is -0.274 e.